The summed E-state index contributed by atoms with van der Waals surface area (Å²) in [6.07, 6.45) is 1.44. The van der Waals surface area contributed by atoms with Gasteiger partial charge >= 0.3 is 6.03 Å². The van der Waals surface area contributed by atoms with Gasteiger partial charge in [-0.25, -0.2) is 14.8 Å². The number of nitrogens with one attached hydrogen (secondary N) is 4. The highest BCUT2D eigenvalue weighted by atomic mass is 35.5. The van der Waals surface area contributed by atoms with Crippen molar-refractivity contribution < 1.29 is 4.79 Å². The number of primary amides is 1. The Balaban J connectivity index is 1.82. The largest absolute Gasteiger partial charge is 0.366 e. The highest BCUT2D eigenvalue weighted by molar-refractivity contribution is 6.30. The fraction of sp³-hybridized carbons (Fsp3) is 0.143. The van der Waals surface area contributed by atoms with Gasteiger partial charge in [-0.3, -0.25) is 5.10 Å². The molecule has 9 nitrogen and oxygen atoms in total. The Labute approximate surface area is 142 Å². The quantitative estimate of drug-likeness (QED) is 0.432. The van der Waals surface area contributed by atoms with Crippen molar-refractivity contribution in [2.45, 2.75) is 0 Å². The van der Waals surface area contributed by atoms with Crippen LogP contribution in [0.5, 0.6) is 0 Å². The second-order valence-electron chi connectivity index (χ2n) is 4.87. The van der Waals surface area contributed by atoms with E-state index in [-0.39, 0.29) is 0 Å². The molecule has 0 aliphatic rings. The zero-order valence-corrected chi connectivity index (χ0v) is 13.3. The van der Waals surface area contributed by atoms with Gasteiger partial charge in [0.2, 0.25) is 0 Å². The van der Waals surface area contributed by atoms with E-state index in [1.165, 1.54) is 6.33 Å². The SMILES string of the molecule is NC(=O)NCCNc1n[nH]c2ncnc(Nc3cccc(Cl)c3)c12. The van der Waals surface area contributed by atoms with Crippen LogP contribution >= 0.6 is 11.6 Å². The summed E-state index contributed by atoms with van der Waals surface area (Å²) in [5, 5.41) is 17.1. The minimum Gasteiger partial charge on any atom is -0.366 e. The van der Waals surface area contributed by atoms with Crippen molar-refractivity contribution in [2.24, 2.45) is 5.73 Å². The van der Waals surface area contributed by atoms with E-state index in [0.29, 0.717) is 40.8 Å². The van der Waals surface area contributed by atoms with Gasteiger partial charge in [-0.05, 0) is 18.2 Å². The zero-order valence-electron chi connectivity index (χ0n) is 12.5. The minimum atomic E-state index is -0.574. The van der Waals surface area contributed by atoms with Crippen LogP contribution in [0.3, 0.4) is 0 Å². The number of aromatic nitrogens is 4. The molecule has 10 heteroatoms. The maximum atomic E-state index is 10.7. The summed E-state index contributed by atoms with van der Waals surface area (Å²) >= 11 is 6.00. The van der Waals surface area contributed by atoms with Crippen LogP contribution in [0.1, 0.15) is 0 Å². The number of rotatable bonds is 6. The minimum absolute atomic E-state index is 0.369. The first-order chi connectivity index (χ1) is 11.6. The molecule has 0 radical (unpaired) electrons. The van der Waals surface area contributed by atoms with Gasteiger partial charge in [0.05, 0.1) is 0 Å². The molecule has 0 unspecified atom stereocenters. The summed E-state index contributed by atoms with van der Waals surface area (Å²) in [5.41, 5.74) is 6.40. The molecule has 0 aliphatic carbocycles. The zero-order chi connectivity index (χ0) is 16.9. The van der Waals surface area contributed by atoms with E-state index in [0.717, 1.165) is 5.69 Å². The van der Waals surface area contributed by atoms with Crippen LogP contribution in [0.2, 0.25) is 5.02 Å². The summed E-state index contributed by atoms with van der Waals surface area (Å²) < 4.78 is 0. The van der Waals surface area contributed by atoms with E-state index in [4.69, 9.17) is 17.3 Å². The number of hydrogen-bond acceptors (Lipinski definition) is 6. The van der Waals surface area contributed by atoms with Crippen molar-refractivity contribution in [3.8, 4) is 0 Å². The molecule has 124 valence electrons. The van der Waals surface area contributed by atoms with E-state index in [1.54, 1.807) is 12.1 Å². The number of amides is 2. The number of hydrogen-bond donors (Lipinski definition) is 5. The summed E-state index contributed by atoms with van der Waals surface area (Å²) in [6.45, 7) is 0.822. The third-order valence-corrected chi connectivity index (χ3v) is 3.40. The topological polar surface area (TPSA) is 134 Å². The van der Waals surface area contributed by atoms with E-state index in [2.05, 4.69) is 36.1 Å². The average molecular weight is 347 g/mol. The Morgan fingerprint density at radius 2 is 2.12 bits per heavy atom. The highest BCUT2D eigenvalue weighted by Gasteiger charge is 2.13. The lowest BCUT2D eigenvalue weighted by Gasteiger charge is -2.08. The monoisotopic (exact) mass is 346 g/mol. The molecule has 6 N–H and O–H groups in total. The molecule has 2 amide bonds. The molecule has 2 aromatic heterocycles. The van der Waals surface area contributed by atoms with Gasteiger partial charge in [-0.1, -0.05) is 17.7 Å². The molecule has 24 heavy (non-hydrogen) atoms. The molecule has 0 spiro atoms. The van der Waals surface area contributed by atoms with E-state index < -0.39 is 6.03 Å². The maximum absolute atomic E-state index is 10.7. The third-order valence-electron chi connectivity index (χ3n) is 3.16. The van der Waals surface area contributed by atoms with Crippen LogP contribution in [-0.2, 0) is 0 Å². The smallest absolute Gasteiger partial charge is 0.312 e. The molecule has 0 aliphatic heterocycles. The number of carbonyl (C=O) groups is 1. The van der Waals surface area contributed by atoms with Crippen LogP contribution in [0, 0.1) is 0 Å². The van der Waals surface area contributed by atoms with Crippen molar-refractivity contribution in [3.05, 3.63) is 35.6 Å². The number of H-pyrrole nitrogens is 1. The molecule has 0 saturated heterocycles. The van der Waals surface area contributed by atoms with Gasteiger partial charge < -0.3 is 21.7 Å². The van der Waals surface area contributed by atoms with Gasteiger partial charge in [-0.15, -0.1) is 0 Å². The molecular weight excluding hydrogens is 332 g/mol. The summed E-state index contributed by atoms with van der Waals surface area (Å²) in [6, 6.07) is 6.73. The molecular formula is C14H15ClN8O. The number of anilines is 3. The number of urea groups is 1. The normalized spacial score (nSPS) is 10.5. The van der Waals surface area contributed by atoms with Crippen molar-refractivity contribution in [2.75, 3.05) is 23.7 Å². The average Bonchev–Trinajstić information content (AvgIpc) is 2.96. The first-order valence-corrected chi connectivity index (χ1v) is 7.50. The number of aromatic amines is 1. The molecule has 0 fully saturated rings. The molecule has 0 atom stereocenters. The fourth-order valence-corrected chi connectivity index (χ4v) is 2.34. The van der Waals surface area contributed by atoms with Gasteiger partial charge in [0.1, 0.15) is 17.5 Å². The Bertz CT molecular complexity index is 865. The number of halogens is 1. The van der Waals surface area contributed by atoms with Crippen LogP contribution in [-0.4, -0.2) is 39.3 Å². The maximum Gasteiger partial charge on any atom is 0.312 e. The van der Waals surface area contributed by atoms with Crippen LogP contribution < -0.4 is 21.7 Å². The van der Waals surface area contributed by atoms with Gasteiger partial charge in [-0.2, -0.15) is 5.10 Å². The van der Waals surface area contributed by atoms with Crippen molar-refractivity contribution >= 4 is 46.0 Å². The first kappa shape index (κ1) is 15.8. The lowest BCUT2D eigenvalue weighted by molar-refractivity contribution is 0.249. The van der Waals surface area contributed by atoms with Gasteiger partial charge in [0, 0.05) is 23.8 Å². The van der Waals surface area contributed by atoms with Crippen LogP contribution in [0.15, 0.2) is 30.6 Å². The highest BCUT2D eigenvalue weighted by Crippen LogP contribution is 2.28. The Hall–Kier alpha value is -3.07. The van der Waals surface area contributed by atoms with Crippen LogP contribution in [0.4, 0.5) is 22.1 Å². The van der Waals surface area contributed by atoms with Crippen molar-refractivity contribution in [1.29, 1.82) is 0 Å². The number of nitrogens with zero attached hydrogens (tertiary/aromatic N) is 3. The van der Waals surface area contributed by atoms with E-state index in [9.17, 15) is 4.79 Å². The van der Waals surface area contributed by atoms with Gasteiger partial charge in [0.15, 0.2) is 11.5 Å². The van der Waals surface area contributed by atoms with E-state index >= 15 is 0 Å². The summed E-state index contributed by atoms with van der Waals surface area (Å²) in [5.74, 6) is 1.16. The second-order valence-corrected chi connectivity index (χ2v) is 5.31. The predicted octanol–water partition coefficient (Wildman–Crippen LogP) is 1.83. The predicted molar refractivity (Wildman–Crippen MR) is 92.5 cm³/mol. The Kier molecular flexibility index (Phi) is 4.62. The number of carbonyl (C=O) groups excluding carboxylic acids is 1. The van der Waals surface area contributed by atoms with Crippen molar-refractivity contribution in [1.82, 2.24) is 25.5 Å². The van der Waals surface area contributed by atoms with Crippen molar-refractivity contribution in [3.63, 3.8) is 0 Å². The molecule has 0 bridgehead atoms. The molecule has 0 saturated carbocycles. The molecule has 3 rings (SSSR count). The van der Waals surface area contributed by atoms with Crippen LogP contribution in [0.25, 0.3) is 11.0 Å². The third kappa shape index (κ3) is 3.63. The fourth-order valence-electron chi connectivity index (χ4n) is 2.15. The number of fused-ring (bicyclic) bond motifs is 1. The molecule has 1 aromatic carbocycles. The summed E-state index contributed by atoms with van der Waals surface area (Å²) in [4.78, 5) is 19.1. The lowest BCUT2D eigenvalue weighted by Crippen LogP contribution is -2.33. The molecule has 2 heterocycles. The first-order valence-electron chi connectivity index (χ1n) is 7.12. The lowest BCUT2D eigenvalue weighted by atomic mass is 10.3. The second kappa shape index (κ2) is 7.01. The van der Waals surface area contributed by atoms with E-state index in [1.807, 2.05) is 12.1 Å². The van der Waals surface area contributed by atoms with Gasteiger partial charge in [0.25, 0.3) is 0 Å². The molecule has 3 aromatic rings. The number of nitrogens with two attached hydrogens (primary N) is 1. The standard InChI is InChI=1S/C14H15ClN8O/c15-8-2-1-3-9(6-8)21-11-10-12(17-4-5-18-14(16)24)22-23-13(10)20-7-19-11/h1-3,6-7H,4-5H2,(H3,16,18,24)(H3,17,19,20,21,22,23). The number of benzene rings is 1. The Morgan fingerprint density at radius 3 is 2.92 bits per heavy atom. The Morgan fingerprint density at radius 1 is 1.25 bits per heavy atom. The summed E-state index contributed by atoms with van der Waals surface area (Å²) in [7, 11) is 0.